The van der Waals surface area contributed by atoms with E-state index >= 15 is 0 Å². The highest BCUT2D eigenvalue weighted by molar-refractivity contribution is 5.85. The maximum Gasteiger partial charge on any atom is 0.416 e. The molecule has 0 bridgehead atoms. The van der Waals surface area contributed by atoms with Crippen LogP contribution in [0.2, 0.25) is 0 Å². The second kappa shape index (κ2) is 6.38. The topological polar surface area (TPSA) is 26.0 Å². The Morgan fingerprint density at radius 3 is 2.28 bits per heavy atom. The van der Waals surface area contributed by atoms with E-state index in [9.17, 15) is 17.6 Å². The first kappa shape index (κ1) is 17.2. The van der Waals surface area contributed by atoms with Crippen molar-refractivity contribution in [3.63, 3.8) is 0 Å². The fourth-order valence-corrected chi connectivity index (χ4v) is 1.63. The van der Waals surface area contributed by atoms with Gasteiger partial charge in [0.05, 0.1) is 5.56 Å². The van der Waals surface area contributed by atoms with Gasteiger partial charge in [-0.05, 0) is 23.6 Å². The molecule has 0 saturated carbocycles. The quantitative estimate of drug-likeness (QED) is 0.823. The highest BCUT2D eigenvalue weighted by atomic mass is 35.5. The van der Waals surface area contributed by atoms with Crippen LogP contribution in [-0.2, 0) is 6.18 Å². The third kappa shape index (κ3) is 3.85. The summed E-state index contributed by atoms with van der Waals surface area (Å²) in [6.07, 6.45) is -3.92. The molecule has 0 aliphatic heterocycles. The van der Waals surface area contributed by atoms with Crippen molar-refractivity contribution >= 4 is 12.4 Å². The zero-order chi connectivity index (χ0) is 13.2. The average Bonchev–Trinajstić information content (AvgIpc) is 2.25. The van der Waals surface area contributed by atoms with Crippen LogP contribution < -0.4 is 5.73 Å². The van der Waals surface area contributed by atoms with Gasteiger partial charge < -0.3 is 5.73 Å². The second-order valence-electron chi connectivity index (χ2n) is 4.14. The highest BCUT2D eigenvalue weighted by Crippen LogP contribution is 2.36. The van der Waals surface area contributed by atoms with Gasteiger partial charge >= 0.3 is 6.18 Å². The molecule has 1 unspecified atom stereocenters. The summed E-state index contributed by atoms with van der Waals surface area (Å²) in [4.78, 5) is 0. The fraction of sp³-hybridized carbons (Fsp3) is 0.500. The van der Waals surface area contributed by atoms with Crippen molar-refractivity contribution in [3.8, 4) is 0 Å². The largest absolute Gasteiger partial charge is 0.416 e. The molecule has 0 aromatic heterocycles. The van der Waals surface area contributed by atoms with Gasteiger partial charge in [-0.15, -0.1) is 12.4 Å². The second-order valence-corrected chi connectivity index (χ2v) is 4.14. The third-order valence-corrected chi connectivity index (χ3v) is 2.94. The summed E-state index contributed by atoms with van der Waals surface area (Å²) in [6.45, 7) is 3.62. The van der Waals surface area contributed by atoms with Crippen molar-refractivity contribution in [2.24, 2.45) is 11.7 Å². The van der Waals surface area contributed by atoms with Crippen LogP contribution in [0.5, 0.6) is 0 Å². The Labute approximate surface area is 110 Å². The molecule has 2 atom stereocenters. The van der Waals surface area contributed by atoms with Crippen LogP contribution in [0.15, 0.2) is 18.2 Å². The molecule has 1 aromatic carbocycles. The number of benzene rings is 1. The minimum atomic E-state index is -4.58. The number of nitrogens with two attached hydrogens (primary N) is 1. The zero-order valence-electron chi connectivity index (χ0n) is 10.1. The van der Waals surface area contributed by atoms with Gasteiger partial charge in [-0.25, -0.2) is 4.39 Å². The Hall–Kier alpha value is -0.810. The van der Waals surface area contributed by atoms with Crippen molar-refractivity contribution in [2.75, 3.05) is 0 Å². The van der Waals surface area contributed by atoms with Gasteiger partial charge in [-0.1, -0.05) is 26.3 Å². The number of rotatable bonds is 3. The molecular formula is C12H16ClF4N. The minimum absolute atomic E-state index is 0. The number of alkyl halides is 3. The van der Waals surface area contributed by atoms with Gasteiger partial charge in [0.2, 0.25) is 0 Å². The van der Waals surface area contributed by atoms with Crippen molar-refractivity contribution in [2.45, 2.75) is 32.5 Å². The predicted octanol–water partition coefficient (Wildman–Crippen LogP) is 4.31. The lowest BCUT2D eigenvalue weighted by Gasteiger charge is -2.22. The lowest BCUT2D eigenvalue weighted by atomic mass is 9.90. The van der Waals surface area contributed by atoms with E-state index in [0.29, 0.717) is 12.5 Å². The van der Waals surface area contributed by atoms with E-state index in [1.54, 1.807) is 6.92 Å². The van der Waals surface area contributed by atoms with E-state index in [4.69, 9.17) is 5.73 Å². The molecule has 0 radical (unpaired) electrons. The normalized spacial score (nSPS) is 14.8. The molecule has 0 fully saturated rings. The molecule has 1 aromatic rings. The molecule has 0 heterocycles. The summed E-state index contributed by atoms with van der Waals surface area (Å²) in [5.41, 5.74) is 4.75. The molecule has 0 saturated heterocycles. The molecule has 1 rings (SSSR count). The van der Waals surface area contributed by atoms with Gasteiger partial charge in [0.15, 0.2) is 0 Å². The molecule has 2 N–H and O–H groups in total. The summed E-state index contributed by atoms with van der Waals surface area (Å²) in [5.74, 6) is -1.00. The van der Waals surface area contributed by atoms with Crippen LogP contribution >= 0.6 is 12.4 Å². The van der Waals surface area contributed by atoms with Gasteiger partial charge in [-0.3, -0.25) is 0 Å². The molecule has 0 spiro atoms. The predicted molar refractivity (Wildman–Crippen MR) is 65.0 cm³/mol. The van der Waals surface area contributed by atoms with Crippen molar-refractivity contribution in [1.29, 1.82) is 0 Å². The molecule has 104 valence electrons. The van der Waals surface area contributed by atoms with Gasteiger partial charge in [0.1, 0.15) is 5.82 Å². The Morgan fingerprint density at radius 1 is 1.28 bits per heavy atom. The van der Waals surface area contributed by atoms with Crippen molar-refractivity contribution < 1.29 is 17.6 Å². The number of hydrogen-bond acceptors (Lipinski definition) is 1. The first-order valence-electron chi connectivity index (χ1n) is 5.39. The van der Waals surface area contributed by atoms with Crippen LogP contribution in [0.25, 0.3) is 0 Å². The van der Waals surface area contributed by atoms with Crippen molar-refractivity contribution in [1.82, 2.24) is 0 Å². The average molecular weight is 286 g/mol. The highest BCUT2D eigenvalue weighted by Gasteiger charge is 2.35. The van der Waals surface area contributed by atoms with Crippen LogP contribution in [0.4, 0.5) is 17.6 Å². The van der Waals surface area contributed by atoms with Crippen molar-refractivity contribution in [3.05, 3.63) is 35.1 Å². The Morgan fingerprint density at radius 2 is 1.83 bits per heavy atom. The summed E-state index contributed by atoms with van der Waals surface area (Å²) in [5, 5.41) is 0. The van der Waals surface area contributed by atoms with Crippen LogP contribution in [0.3, 0.4) is 0 Å². The molecular weight excluding hydrogens is 270 g/mol. The molecule has 6 heteroatoms. The van der Waals surface area contributed by atoms with E-state index in [2.05, 4.69) is 0 Å². The Kier molecular flexibility index (Phi) is 6.10. The van der Waals surface area contributed by atoms with Gasteiger partial charge in [0, 0.05) is 6.04 Å². The number of hydrogen-bond donors (Lipinski definition) is 1. The molecule has 0 aliphatic rings. The maximum absolute atomic E-state index is 12.9. The summed E-state index contributed by atoms with van der Waals surface area (Å²) >= 11 is 0. The molecule has 0 aliphatic carbocycles. The molecule has 1 nitrogen and oxygen atoms in total. The summed E-state index contributed by atoms with van der Waals surface area (Å²) in [6, 6.07) is 1.89. The summed E-state index contributed by atoms with van der Waals surface area (Å²) < 4.78 is 51.1. The van der Waals surface area contributed by atoms with Gasteiger partial charge in [0.25, 0.3) is 0 Å². The zero-order valence-corrected chi connectivity index (χ0v) is 10.9. The Bertz CT molecular complexity index is 392. The summed E-state index contributed by atoms with van der Waals surface area (Å²) in [7, 11) is 0. The van der Waals surface area contributed by atoms with E-state index in [1.807, 2.05) is 6.92 Å². The lowest BCUT2D eigenvalue weighted by Crippen LogP contribution is -2.23. The maximum atomic E-state index is 12.9. The molecule has 18 heavy (non-hydrogen) atoms. The van der Waals surface area contributed by atoms with Crippen LogP contribution in [-0.4, -0.2) is 0 Å². The van der Waals surface area contributed by atoms with E-state index < -0.39 is 23.6 Å². The lowest BCUT2D eigenvalue weighted by molar-refractivity contribution is -0.138. The Balaban J connectivity index is 0.00000289. The third-order valence-electron chi connectivity index (χ3n) is 2.94. The standard InChI is InChI=1S/C12H15F4N.ClH/c1-3-7(2)11(17)9-5-4-8(13)6-10(9)12(14,15)16;/h4-7,11H,3,17H2,1-2H3;1H/t7?,11-;/m0./s1. The van der Waals surface area contributed by atoms with E-state index in [-0.39, 0.29) is 23.9 Å². The van der Waals surface area contributed by atoms with Crippen LogP contribution in [0.1, 0.15) is 37.4 Å². The first-order valence-corrected chi connectivity index (χ1v) is 5.39. The van der Waals surface area contributed by atoms with Gasteiger partial charge in [-0.2, -0.15) is 13.2 Å². The monoisotopic (exact) mass is 285 g/mol. The van der Waals surface area contributed by atoms with E-state index in [1.165, 1.54) is 0 Å². The number of halogens is 5. The smallest absolute Gasteiger partial charge is 0.324 e. The first-order chi connectivity index (χ1) is 7.77. The molecule has 0 amide bonds. The van der Waals surface area contributed by atoms with Crippen LogP contribution in [0, 0.1) is 11.7 Å². The fourth-order valence-electron chi connectivity index (χ4n) is 1.63. The minimum Gasteiger partial charge on any atom is -0.324 e. The SMILES string of the molecule is CCC(C)[C@H](N)c1ccc(F)cc1C(F)(F)F.Cl. The van der Waals surface area contributed by atoms with E-state index in [0.717, 1.165) is 12.1 Å².